The lowest BCUT2D eigenvalue weighted by Gasteiger charge is -2.19. The Morgan fingerprint density at radius 3 is 3.00 bits per heavy atom. The summed E-state index contributed by atoms with van der Waals surface area (Å²) < 4.78 is 1.05. The lowest BCUT2D eigenvalue weighted by Crippen LogP contribution is -2.18. The molecule has 0 radical (unpaired) electrons. The van der Waals surface area contributed by atoms with Crippen LogP contribution in [-0.4, -0.2) is 5.78 Å². The number of halogens is 1. The van der Waals surface area contributed by atoms with Crippen LogP contribution in [0.15, 0.2) is 34.3 Å². The molecule has 0 bridgehead atoms. The Bertz CT molecular complexity index is 434. The summed E-state index contributed by atoms with van der Waals surface area (Å²) in [6.07, 6.45) is 5.12. The summed E-state index contributed by atoms with van der Waals surface area (Å²) in [5, 5.41) is 0. The minimum atomic E-state index is 0.201. The molecule has 2 rings (SSSR count). The van der Waals surface area contributed by atoms with Crippen molar-refractivity contribution in [2.75, 3.05) is 0 Å². The number of ketones is 1. The zero-order valence-corrected chi connectivity index (χ0v) is 11.0. The van der Waals surface area contributed by atoms with Crippen molar-refractivity contribution in [2.24, 2.45) is 5.92 Å². The van der Waals surface area contributed by atoms with Crippen molar-refractivity contribution >= 4 is 27.8 Å². The van der Waals surface area contributed by atoms with E-state index in [0.29, 0.717) is 5.78 Å². The van der Waals surface area contributed by atoms with Gasteiger partial charge in [-0.15, -0.1) is 0 Å². The Labute approximate surface area is 105 Å². The van der Waals surface area contributed by atoms with Crippen molar-refractivity contribution in [2.45, 2.75) is 26.2 Å². The Morgan fingerprint density at radius 1 is 1.44 bits per heavy atom. The Morgan fingerprint density at radius 2 is 2.25 bits per heavy atom. The fourth-order valence-corrected chi connectivity index (χ4v) is 2.53. The van der Waals surface area contributed by atoms with Crippen LogP contribution in [0.25, 0.3) is 6.08 Å². The van der Waals surface area contributed by atoms with Gasteiger partial charge in [-0.25, -0.2) is 0 Å². The van der Waals surface area contributed by atoms with Crippen LogP contribution < -0.4 is 0 Å². The van der Waals surface area contributed by atoms with Crippen LogP contribution in [0.5, 0.6) is 0 Å². The van der Waals surface area contributed by atoms with Gasteiger partial charge in [0.2, 0.25) is 0 Å². The van der Waals surface area contributed by atoms with Crippen LogP contribution in [0.4, 0.5) is 0 Å². The second kappa shape index (κ2) is 4.96. The maximum absolute atomic E-state index is 11.9. The first-order chi connectivity index (χ1) is 7.66. The number of hydrogen-bond donors (Lipinski definition) is 0. The summed E-state index contributed by atoms with van der Waals surface area (Å²) >= 11 is 3.44. The molecule has 1 aromatic rings. The van der Waals surface area contributed by atoms with E-state index in [1.807, 2.05) is 37.3 Å². The summed E-state index contributed by atoms with van der Waals surface area (Å²) in [4.78, 5) is 11.9. The van der Waals surface area contributed by atoms with Gasteiger partial charge in [0.25, 0.3) is 0 Å². The van der Waals surface area contributed by atoms with Gasteiger partial charge in [0.15, 0.2) is 5.78 Å². The fourth-order valence-electron chi connectivity index (χ4n) is 2.11. The number of Topliss-reactive ketones (excluding diaryl/α,β-unsaturated/α-hetero) is 1. The van der Waals surface area contributed by atoms with Gasteiger partial charge in [-0.3, -0.25) is 4.79 Å². The number of allylic oxidation sites excluding steroid dienone is 1. The molecule has 0 aliphatic heterocycles. The molecule has 16 heavy (non-hydrogen) atoms. The van der Waals surface area contributed by atoms with Gasteiger partial charge in [0.05, 0.1) is 0 Å². The maximum atomic E-state index is 11.9. The smallest absolute Gasteiger partial charge is 0.161 e. The molecule has 1 aromatic carbocycles. The van der Waals surface area contributed by atoms with Crippen LogP contribution in [0.3, 0.4) is 0 Å². The highest BCUT2D eigenvalue weighted by Crippen LogP contribution is 2.26. The topological polar surface area (TPSA) is 17.1 Å². The molecule has 1 saturated carbocycles. The molecule has 1 aliphatic rings. The second-order valence-corrected chi connectivity index (χ2v) is 5.30. The number of carbonyl (C=O) groups is 1. The highest BCUT2D eigenvalue weighted by Gasteiger charge is 2.22. The lowest BCUT2D eigenvalue weighted by molar-refractivity contribution is -0.119. The third-order valence-electron chi connectivity index (χ3n) is 3.04. The first-order valence-electron chi connectivity index (χ1n) is 5.67. The van der Waals surface area contributed by atoms with Gasteiger partial charge < -0.3 is 0 Å². The summed E-state index contributed by atoms with van der Waals surface area (Å²) in [6.45, 7) is 2.02. The molecule has 0 heterocycles. The Balaban J connectivity index is 2.26. The molecule has 2 heteroatoms. The quantitative estimate of drug-likeness (QED) is 0.703. The van der Waals surface area contributed by atoms with E-state index in [0.717, 1.165) is 34.9 Å². The van der Waals surface area contributed by atoms with Crippen molar-refractivity contribution in [3.8, 4) is 0 Å². The third-order valence-corrected chi connectivity index (χ3v) is 3.53. The standard InChI is InChI=1S/C14H15BrO/c1-10-4-2-6-12(14(10)16)8-11-5-3-7-13(15)9-11/h3,5,7-10H,2,4,6H2,1H3/b12-8+. The molecule has 1 aliphatic carbocycles. The first-order valence-corrected chi connectivity index (χ1v) is 6.46. The largest absolute Gasteiger partial charge is 0.294 e. The van der Waals surface area contributed by atoms with E-state index >= 15 is 0 Å². The zero-order valence-electron chi connectivity index (χ0n) is 9.37. The van der Waals surface area contributed by atoms with Crippen LogP contribution in [0.1, 0.15) is 31.7 Å². The summed E-state index contributed by atoms with van der Waals surface area (Å²) in [6, 6.07) is 8.06. The molecule has 0 N–H and O–H groups in total. The highest BCUT2D eigenvalue weighted by molar-refractivity contribution is 9.10. The van der Waals surface area contributed by atoms with Crippen molar-refractivity contribution in [1.29, 1.82) is 0 Å². The van der Waals surface area contributed by atoms with Crippen LogP contribution >= 0.6 is 15.9 Å². The maximum Gasteiger partial charge on any atom is 0.161 e. The Kier molecular flexibility index (Phi) is 3.59. The fraction of sp³-hybridized carbons (Fsp3) is 0.357. The molecule has 1 fully saturated rings. The second-order valence-electron chi connectivity index (χ2n) is 4.38. The van der Waals surface area contributed by atoms with Crippen LogP contribution in [0.2, 0.25) is 0 Å². The number of carbonyl (C=O) groups excluding carboxylic acids is 1. The minimum absolute atomic E-state index is 0.201. The molecule has 1 unspecified atom stereocenters. The SMILES string of the molecule is CC1CCC/C(=C\c2cccc(Br)c2)C1=O. The van der Waals surface area contributed by atoms with Crippen LogP contribution in [-0.2, 0) is 4.79 Å². The monoisotopic (exact) mass is 278 g/mol. The van der Waals surface area contributed by atoms with Gasteiger partial charge in [-0.2, -0.15) is 0 Å². The van der Waals surface area contributed by atoms with Gasteiger partial charge in [-0.1, -0.05) is 35.0 Å². The third kappa shape index (κ3) is 2.62. The minimum Gasteiger partial charge on any atom is -0.294 e. The van der Waals surface area contributed by atoms with Gasteiger partial charge >= 0.3 is 0 Å². The molecule has 0 saturated heterocycles. The molecule has 0 spiro atoms. The Hall–Kier alpha value is -0.890. The predicted octanol–water partition coefficient (Wildman–Crippen LogP) is 4.22. The molecule has 1 atom stereocenters. The van der Waals surface area contributed by atoms with Crippen molar-refractivity contribution in [3.63, 3.8) is 0 Å². The number of rotatable bonds is 1. The van der Waals surface area contributed by atoms with E-state index in [1.165, 1.54) is 0 Å². The lowest BCUT2D eigenvalue weighted by atomic mass is 9.84. The first kappa shape index (κ1) is 11.6. The van der Waals surface area contributed by atoms with Crippen molar-refractivity contribution in [1.82, 2.24) is 0 Å². The summed E-state index contributed by atoms with van der Waals surface area (Å²) in [7, 11) is 0. The van der Waals surface area contributed by atoms with Crippen LogP contribution in [0, 0.1) is 5.92 Å². The van der Waals surface area contributed by atoms with E-state index in [4.69, 9.17) is 0 Å². The van der Waals surface area contributed by atoms with Crippen molar-refractivity contribution < 1.29 is 4.79 Å². The van der Waals surface area contributed by atoms with Crippen molar-refractivity contribution in [3.05, 3.63) is 39.9 Å². The summed E-state index contributed by atoms with van der Waals surface area (Å²) in [5.41, 5.74) is 2.09. The predicted molar refractivity (Wildman–Crippen MR) is 70.1 cm³/mol. The van der Waals surface area contributed by atoms with Gasteiger partial charge in [-0.05, 0) is 48.6 Å². The molecule has 0 aromatic heterocycles. The van der Waals surface area contributed by atoms with E-state index in [9.17, 15) is 4.79 Å². The molecular formula is C14H15BrO. The van der Waals surface area contributed by atoms with Gasteiger partial charge in [0, 0.05) is 10.4 Å². The number of benzene rings is 1. The highest BCUT2D eigenvalue weighted by atomic mass is 79.9. The van der Waals surface area contributed by atoms with Gasteiger partial charge in [0.1, 0.15) is 0 Å². The van der Waals surface area contributed by atoms with E-state index in [2.05, 4.69) is 15.9 Å². The summed E-state index contributed by atoms with van der Waals surface area (Å²) in [5.74, 6) is 0.526. The molecule has 84 valence electrons. The molecular weight excluding hydrogens is 264 g/mol. The van der Waals surface area contributed by atoms with E-state index < -0.39 is 0 Å². The average Bonchev–Trinajstić information content (AvgIpc) is 2.25. The number of hydrogen-bond acceptors (Lipinski definition) is 1. The van der Waals surface area contributed by atoms with E-state index in [1.54, 1.807) is 0 Å². The normalized spacial score (nSPS) is 23.8. The van der Waals surface area contributed by atoms with E-state index in [-0.39, 0.29) is 5.92 Å². The average molecular weight is 279 g/mol. The molecule has 0 amide bonds. The molecule has 1 nitrogen and oxygen atoms in total. The zero-order chi connectivity index (χ0) is 11.5.